The molecular weight excluding hydrogens is 260 g/mol. The van der Waals surface area contributed by atoms with E-state index in [1.165, 1.54) is 19.3 Å². The summed E-state index contributed by atoms with van der Waals surface area (Å²) in [7, 11) is 0. The number of aryl methyl sites for hydroxylation is 1. The fourth-order valence-electron chi connectivity index (χ4n) is 2.77. The van der Waals surface area contributed by atoms with Gasteiger partial charge in [0.25, 0.3) is 0 Å². The van der Waals surface area contributed by atoms with Crippen LogP contribution in [0, 0.1) is 18.8 Å². The number of nitrogens with two attached hydrogens (primary N) is 1. The van der Waals surface area contributed by atoms with Crippen LogP contribution in [0.25, 0.3) is 0 Å². The van der Waals surface area contributed by atoms with Crippen LogP contribution in [0.5, 0.6) is 0 Å². The highest BCUT2D eigenvalue weighted by Crippen LogP contribution is 2.30. The summed E-state index contributed by atoms with van der Waals surface area (Å²) < 4.78 is 0. The Balaban J connectivity index is 2.19. The molecule has 4 nitrogen and oxygen atoms in total. The number of aromatic nitrogens is 2. The average Bonchev–Trinajstić information content (AvgIpc) is 2.59. The fraction of sp³-hybridized carbons (Fsp3) is 0.714. The van der Waals surface area contributed by atoms with E-state index < -0.39 is 0 Å². The van der Waals surface area contributed by atoms with Gasteiger partial charge in [-0.2, -0.15) is 4.98 Å². The van der Waals surface area contributed by atoms with E-state index in [0.717, 1.165) is 36.4 Å². The standard InChI is InChI=1S/C14H23ClN4/c1-9(2)11-5-4-7-19(8-6-11)13-12(16)10(3)17-14(15)18-13/h9,11H,4-8,16H2,1-3H3. The van der Waals surface area contributed by atoms with E-state index in [2.05, 4.69) is 28.7 Å². The van der Waals surface area contributed by atoms with Crippen LogP contribution in [0.1, 0.15) is 38.8 Å². The highest BCUT2D eigenvalue weighted by Gasteiger charge is 2.22. The molecule has 0 radical (unpaired) electrons. The summed E-state index contributed by atoms with van der Waals surface area (Å²) in [6, 6.07) is 0. The Hall–Kier alpha value is -1.03. The first kappa shape index (κ1) is 14.4. The van der Waals surface area contributed by atoms with Gasteiger partial charge in [-0.25, -0.2) is 4.98 Å². The molecular formula is C14H23ClN4. The van der Waals surface area contributed by atoms with Gasteiger partial charge >= 0.3 is 0 Å². The molecule has 0 saturated carbocycles. The smallest absolute Gasteiger partial charge is 0.224 e. The zero-order valence-corrected chi connectivity index (χ0v) is 12.7. The lowest BCUT2D eigenvalue weighted by atomic mass is 9.89. The molecule has 2 rings (SSSR count). The Kier molecular flexibility index (Phi) is 4.50. The normalized spacial score (nSPS) is 20.7. The van der Waals surface area contributed by atoms with Gasteiger partial charge in [-0.1, -0.05) is 13.8 Å². The van der Waals surface area contributed by atoms with Gasteiger partial charge in [0.15, 0.2) is 5.82 Å². The fourth-order valence-corrected chi connectivity index (χ4v) is 2.98. The highest BCUT2D eigenvalue weighted by molar-refractivity contribution is 6.28. The molecule has 0 bridgehead atoms. The van der Waals surface area contributed by atoms with Gasteiger partial charge in [0, 0.05) is 13.1 Å². The van der Waals surface area contributed by atoms with Crippen LogP contribution in [-0.4, -0.2) is 23.1 Å². The Labute approximate surface area is 120 Å². The van der Waals surface area contributed by atoms with Crippen molar-refractivity contribution in [3.8, 4) is 0 Å². The van der Waals surface area contributed by atoms with Crippen molar-refractivity contribution in [2.24, 2.45) is 11.8 Å². The van der Waals surface area contributed by atoms with Gasteiger partial charge in [-0.05, 0) is 49.6 Å². The van der Waals surface area contributed by atoms with Crippen molar-refractivity contribution in [3.05, 3.63) is 11.0 Å². The Morgan fingerprint density at radius 2 is 2.00 bits per heavy atom. The molecule has 1 atom stereocenters. The lowest BCUT2D eigenvalue weighted by Gasteiger charge is -2.24. The second-order valence-corrected chi connectivity index (χ2v) is 6.08. The van der Waals surface area contributed by atoms with E-state index in [1.807, 2.05) is 6.92 Å². The van der Waals surface area contributed by atoms with Gasteiger partial charge in [0.1, 0.15) is 0 Å². The molecule has 1 aliphatic heterocycles. The predicted octanol–water partition coefficient (Wildman–Crippen LogP) is 3.28. The van der Waals surface area contributed by atoms with Gasteiger partial charge in [-0.3, -0.25) is 0 Å². The van der Waals surface area contributed by atoms with Crippen LogP contribution >= 0.6 is 11.6 Å². The third kappa shape index (κ3) is 3.30. The maximum Gasteiger partial charge on any atom is 0.224 e. The number of hydrogen-bond donors (Lipinski definition) is 1. The molecule has 0 aliphatic carbocycles. The maximum absolute atomic E-state index is 6.10. The third-order valence-corrected chi connectivity index (χ3v) is 4.27. The van der Waals surface area contributed by atoms with E-state index in [9.17, 15) is 0 Å². The number of hydrogen-bond acceptors (Lipinski definition) is 4. The number of halogens is 1. The first-order chi connectivity index (χ1) is 8.99. The van der Waals surface area contributed by atoms with Gasteiger partial charge in [0.05, 0.1) is 11.4 Å². The molecule has 1 aliphatic rings. The molecule has 1 aromatic rings. The first-order valence-corrected chi connectivity index (χ1v) is 7.41. The maximum atomic E-state index is 6.10. The molecule has 0 amide bonds. The van der Waals surface area contributed by atoms with E-state index in [1.54, 1.807) is 0 Å². The Morgan fingerprint density at radius 3 is 2.68 bits per heavy atom. The monoisotopic (exact) mass is 282 g/mol. The van der Waals surface area contributed by atoms with Crippen LogP contribution in [0.3, 0.4) is 0 Å². The van der Waals surface area contributed by atoms with Crippen molar-refractivity contribution in [1.29, 1.82) is 0 Å². The number of nitrogens with zero attached hydrogens (tertiary/aromatic N) is 3. The van der Waals surface area contributed by atoms with Gasteiger partial charge in [-0.15, -0.1) is 0 Å². The minimum atomic E-state index is 0.284. The van der Waals surface area contributed by atoms with Crippen LogP contribution in [0.2, 0.25) is 5.28 Å². The summed E-state index contributed by atoms with van der Waals surface area (Å²) in [4.78, 5) is 10.7. The third-order valence-electron chi connectivity index (χ3n) is 4.10. The van der Waals surface area contributed by atoms with Crippen LogP contribution in [0.15, 0.2) is 0 Å². The minimum absolute atomic E-state index is 0.284. The van der Waals surface area contributed by atoms with E-state index in [4.69, 9.17) is 17.3 Å². The zero-order chi connectivity index (χ0) is 14.0. The predicted molar refractivity (Wildman–Crippen MR) is 80.6 cm³/mol. The minimum Gasteiger partial charge on any atom is -0.394 e. The highest BCUT2D eigenvalue weighted by atomic mass is 35.5. The van der Waals surface area contributed by atoms with Crippen molar-refractivity contribution >= 4 is 23.1 Å². The molecule has 1 unspecified atom stereocenters. The molecule has 1 aromatic heterocycles. The van der Waals surface area contributed by atoms with E-state index in [0.29, 0.717) is 5.69 Å². The molecule has 1 saturated heterocycles. The van der Waals surface area contributed by atoms with Crippen molar-refractivity contribution in [2.75, 3.05) is 23.7 Å². The van der Waals surface area contributed by atoms with Crippen molar-refractivity contribution in [1.82, 2.24) is 9.97 Å². The van der Waals surface area contributed by atoms with E-state index >= 15 is 0 Å². The van der Waals surface area contributed by atoms with E-state index in [-0.39, 0.29) is 5.28 Å². The molecule has 0 spiro atoms. The average molecular weight is 283 g/mol. The molecule has 1 fully saturated rings. The second-order valence-electron chi connectivity index (χ2n) is 5.74. The summed E-state index contributed by atoms with van der Waals surface area (Å²) >= 11 is 5.96. The Morgan fingerprint density at radius 1 is 1.26 bits per heavy atom. The van der Waals surface area contributed by atoms with Crippen LogP contribution < -0.4 is 10.6 Å². The molecule has 19 heavy (non-hydrogen) atoms. The number of rotatable bonds is 2. The van der Waals surface area contributed by atoms with Gasteiger partial charge in [0.2, 0.25) is 5.28 Å². The molecule has 2 heterocycles. The van der Waals surface area contributed by atoms with Gasteiger partial charge < -0.3 is 10.6 Å². The molecule has 106 valence electrons. The SMILES string of the molecule is Cc1nc(Cl)nc(N2CCCC(C(C)C)CC2)c1N. The molecule has 5 heteroatoms. The number of anilines is 2. The summed E-state index contributed by atoms with van der Waals surface area (Å²) in [5.41, 5.74) is 7.53. The Bertz CT molecular complexity index is 447. The van der Waals surface area contributed by atoms with Crippen molar-refractivity contribution in [2.45, 2.75) is 40.0 Å². The first-order valence-electron chi connectivity index (χ1n) is 7.03. The summed E-state index contributed by atoms with van der Waals surface area (Å²) in [6.45, 7) is 8.49. The second kappa shape index (κ2) is 5.95. The number of nitrogen functional groups attached to an aromatic ring is 1. The summed E-state index contributed by atoms with van der Waals surface area (Å²) in [6.07, 6.45) is 3.66. The zero-order valence-electron chi connectivity index (χ0n) is 12.0. The largest absolute Gasteiger partial charge is 0.394 e. The lowest BCUT2D eigenvalue weighted by Crippen LogP contribution is -2.27. The summed E-state index contributed by atoms with van der Waals surface area (Å²) in [5, 5.41) is 0.284. The van der Waals surface area contributed by atoms with Crippen molar-refractivity contribution < 1.29 is 0 Å². The van der Waals surface area contributed by atoms with Crippen LogP contribution in [-0.2, 0) is 0 Å². The molecule has 2 N–H and O–H groups in total. The molecule has 0 aromatic carbocycles. The summed E-state index contributed by atoms with van der Waals surface area (Å²) in [5.74, 6) is 2.35. The van der Waals surface area contributed by atoms with Crippen LogP contribution in [0.4, 0.5) is 11.5 Å². The topological polar surface area (TPSA) is 55.0 Å². The lowest BCUT2D eigenvalue weighted by molar-refractivity contribution is 0.351. The quantitative estimate of drug-likeness (QED) is 0.846. The van der Waals surface area contributed by atoms with Crippen molar-refractivity contribution in [3.63, 3.8) is 0 Å².